The van der Waals surface area contributed by atoms with E-state index in [4.69, 9.17) is 4.74 Å². The van der Waals surface area contributed by atoms with Gasteiger partial charge in [0, 0.05) is 13.1 Å². The minimum absolute atomic E-state index is 0.0203. The maximum absolute atomic E-state index is 12.9. The molecule has 1 aromatic carbocycles. The zero-order chi connectivity index (χ0) is 15.4. The summed E-state index contributed by atoms with van der Waals surface area (Å²) < 4.78 is 18.5. The Balaban J connectivity index is 1.85. The molecule has 116 valence electrons. The monoisotopic (exact) mass is 294 g/mol. The van der Waals surface area contributed by atoms with Crippen LogP contribution in [0.4, 0.5) is 4.39 Å². The Morgan fingerprint density at radius 2 is 1.90 bits per heavy atom. The number of carbonyl (C=O) groups excluding carboxylic acids is 1. The standard InChI is InChI=1S/C16H23FN2O2/c1-11-8-19(9-12(2)21-11)10-16(20)18-13(3)14-4-6-15(17)7-5-14/h4-7,11-13H,8-10H2,1-3H3,(H,18,20). The summed E-state index contributed by atoms with van der Waals surface area (Å²) in [6.07, 6.45) is 0.298. The van der Waals surface area contributed by atoms with Crippen molar-refractivity contribution >= 4 is 5.91 Å². The molecule has 3 unspecified atom stereocenters. The lowest BCUT2D eigenvalue weighted by atomic mass is 10.1. The molecule has 1 N–H and O–H groups in total. The van der Waals surface area contributed by atoms with Crippen LogP contribution in [-0.4, -0.2) is 42.6 Å². The second-order valence-corrected chi connectivity index (χ2v) is 5.79. The Bertz CT molecular complexity index is 468. The molecule has 1 aliphatic rings. The van der Waals surface area contributed by atoms with Gasteiger partial charge in [0.15, 0.2) is 0 Å². The number of hydrogen-bond donors (Lipinski definition) is 1. The Morgan fingerprint density at radius 3 is 2.48 bits per heavy atom. The quantitative estimate of drug-likeness (QED) is 0.925. The number of carbonyl (C=O) groups is 1. The number of amides is 1. The third-order valence-electron chi connectivity index (χ3n) is 3.61. The lowest BCUT2D eigenvalue weighted by Gasteiger charge is -2.35. The van der Waals surface area contributed by atoms with Gasteiger partial charge in [-0.05, 0) is 38.5 Å². The van der Waals surface area contributed by atoms with E-state index in [1.54, 1.807) is 12.1 Å². The van der Waals surface area contributed by atoms with Crippen molar-refractivity contribution < 1.29 is 13.9 Å². The van der Waals surface area contributed by atoms with Crippen molar-refractivity contribution in [2.24, 2.45) is 0 Å². The number of ether oxygens (including phenoxy) is 1. The van der Waals surface area contributed by atoms with Crippen molar-refractivity contribution in [1.82, 2.24) is 10.2 Å². The van der Waals surface area contributed by atoms with Crippen molar-refractivity contribution in [1.29, 1.82) is 0 Å². The first-order valence-electron chi connectivity index (χ1n) is 7.36. The molecule has 0 aliphatic carbocycles. The van der Waals surface area contributed by atoms with E-state index >= 15 is 0 Å². The highest BCUT2D eigenvalue weighted by atomic mass is 19.1. The molecule has 2 rings (SSSR count). The van der Waals surface area contributed by atoms with E-state index in [-0.39, 0.29) is 30.0 Å². The molecule has 1 saturated heterocycles. The van der Waals surface area contributed by atoms with E-state index in [9.17, 15) is 9.18 Å². The van der Waals surface area contributed by atoms with Gasteiger partial charge in [0.05, 0.1) is 24.8 Å². The molecule has 1 aromatic rings. The SMILES string of the molecule is CC1CN(CC(=O)NC(C)c2ccc(F)cc2)CC(C)O1. The number of benzene rings is 1. The smallest absolute Gasteiger partial charge is 0.234 e. The number of hydrogen-bond acceptors (Lipinski definition) is 3. The van der Waals surface area contributed by atoms with E-state index in [1.807, 2.05) is 20.8 Å². The van der Waals surface area contributed by atoms with Gasteiger partial charge in [-0.25, -0.2) is 4.39 Å². The summed E-state index contributed by atoms with van der Waals surface area (Å²) in [5, 5.41) is 2.95. The average Bonchev–Trinajstić information content (AvgIpc) is 2.37. The largest absolute Gasteiger partial charge is 0.373 e. The molecule has 0 saturated carbocycles. The fraction of sp³-hybridized carbons (Fsp3) is 0.562. The molecule has 1 fully saturated rings. The lowest BCUT2D eigenvalue weighted by Crippen LogP contribution is -2.49. The maximum Gasteiger partial charge on any atom is 0.234 e. The van der Waals surface area contributed by atoms with E-state index in [0.29, 0.717) is 6.54 Å². The number of morpholine rings is 1. The van der Waals surface area contributed by atoms with Crippen molar-refractivity contribution in [3.63, 3.8) is 0 Å². The minimum Gasteiger partial charge on any atom is -0.373 e. The molecule has 1 heterocycles. The first kappa shape index (κ1) is 15.9. The fourth-order valence-electron chi connectivity index (χ4n) is 2.74. The van der Waals surface area contributed by atoms with Gasteiger partial charge in [0.2, 0.25) is 5.91 Å². The van der Waals surface area contributed by atoms with E-state index in [0.717, 1.165) is 18.7 Å². The predicted octanol–water partition coefficient (Wildman–Crippen LogP) is 2.11. The molecule has 0 aromatic heterocycles. The summed E-state index contributed by atoms with van der Waals surface area (Å²) in [6.45, 7) is 7.83. The topological polar surface area (TPSA) is 41.6 Å². The molecule has 1 amide bonds. The van der Waals surface area contributed by atoms with Gasteiger partial charge in [0.25, 0.3) is 0 Å². The molecule has 0 bridgehead atoms. The van der Waals surface area contributed by atoms with Crippen LogP contribution in [-0.2, 0) is 9.53 Å². The van der Waals surface area contributed by atoms with Crippen LogP contribution in [0, 0.1) is 5.82 Å². The molecule has 4 nitrogen and oxygen atoms in total. The minimum atomic E-state index is -0.270. The van der Waals surface area contributed by atoms with Crippen LogP contribution in [0.1, 0.15) is 32.4 Å². The normalized spacial score (nSPS) is 24.6. The third-order valence-corrected chi connectivity index (χ3v) is 3.61. The lowest BCUT2D eigenvalue weighted by molar-refractivity contribution is -0.126. The molecular weight excluding hydrogens is 271 g/mol. The van der Waals surface area contributed by atoms with Crippen molar-refractivity contribution in [2.75, 3.05) is 19.6 Å². The zero-order valence-corrected chi connectivity index (χ0v) is 12.8. The van der Waals surface area contributed by atoms with Gasteiger partial charge in [0.1, 0.15) is 5.82 Å². The van der Waals surface area contributed by atoms with E-state index in [1.165, 1.54) is 12.1 Å². The van der Waals surface area contributed by atoms with Gasteiger partial charge in [-0.3, -0.25) is 9.69 Å². The highest BCUT2D eigenvalue weighted by molar-refractivity contribution is 5.78. The summed E-state index contributed by atoms with van der Waals surface area (Å²) >= 11 is 0. The highest BCUT2D eigenvalue weighted by Gasteiger charge is 2.24. The summed E-state index contributed by atoms with van der Waals surface area (Å²) in [5.41, 5.74) is 0.897. The summed E-state index contributed by atoms with van der Waals surface area (Å²) in [5.74, 6) is -0.290. The van der Waals surface area contributed by atoms with Crippen LogP contribution in [0.5, 0.6) is 0 Å². The molecule has 0 spiro atoms. The van der Waals surface area contributed by atoms with Crippen LogP contribution in [0.3, 0.4) is 0 Å². The van der Waals surface area contributed by atoms with Crippen molar-refractivity contribution in [3.8, 4) is 0 Å². The van der Waals surface area contributed by atoms with Crippen LogP contribution in [0.2, 0.25) is 0 Å². The number of halogens is 1. The van der Waals surface area contributed by atoms with Crippen LogP contribution in [0.15, 0.2) is 24.3 Å². The molecular formula is C16H23FN2O2. The van der Waals surface area contributed by atoms with Gasteiger partial charge in [-0.2, -0.15) is 0 Å². The summed E-state index contributed by atoms with van der Waals surface area (Å²) in [7, 11) is 0. The number of nitrogens with zero attached hydrogens (tertiary/aromatic N) is 1. The zero-order valence-electron chi connectivity index (χ0n) is 12.8. The summed E-state index contributed by atoms with van der Waals surface area (Å²) in [4.78, 5) is 14.2. The predicted molar refractivity (Wildman–Crippen MR) is 79.4 cm³/mol. The number of rotatable bonds is 4. The number of nitrogens with one attached hydrogen (secondary N) is 1. The Hall–Kier alpha value is -1.46. The van der Waals surface area contributed by atoms with Gasteiger partial charge in [-0.1, -0.05) is 12.1 Å². The van der Waals surface area contributed by atoms with Crippen LogP contribution in [0.25, 0.3) is 0 Å². The average molecular weight is 294 g/mol. The second-order valence-electron chi connectivity index (χ2n) is 5.79. The molecule has 3 atom stereocenters. The molecule has 0 radical (unpaired) electrons. The third kappa shape index (κ3) is 4.79. The Morgan fingerprint density at radius 1 is 1.33 bits per heavy atom. The first-order valence-corrected chi connectivity index (χ1v) is 7.36. The summed E-state index contributed by atoms with van der Waals surface area (Å²) in [6, 6.07) is 6.07. The van der Waals surface area contributed by atoms with E-state index < -0.39 is 0 Å². The van der Waals surface area contributed by atoms with Gasteiger partial charge in [-0.15, -0.1) is 0 Å². The van der Waals surface area contributed by atoms with Crippen LogP contribution < -0.4 is 5.32 Å². The second kappa shape index (κ2) is 7.00. The molecule has 5 heteroatoms. The highest BCUT2D eigenvalue weighted by Crippen LogP contribution is 2.13. The van der Waals surface area contributed by atoms with Crippen molar-refractivity contribution in [2.45, 2.75) is 39.0 Å². The Kier molecular flexibility index (Phi) is 5.31. The fourth-order valence-corrected chi connectivity index (χ4v) is 2.74. The first-order chi connectivity index (χ1) is 9.94. The molecule has 21 heavy (non-hydrogen) atoms. The van der Waals surface area contributed by atoms with Crippen molar-refractivity contribution in [3.05, 3.63) is 35.6 Å². The van der Waals surface area contributed by atoms with Gasteiger partial charge >= 0.3 is 0 Å². The van der Waals surface area contributed by atoms with Crippen LogP contribution >= 0.6 is 0 Å². The maximum atomic E-state index is 12.9. The van der Waals surface area contributed by atoms with Gasteiger partial charge < -0.3 is 10.1 Å². The Labute approximate surface area is 125 Å². The van der Waals surface area contributed by atoms with E-state index in [2.05, 4.69) is 10.2 Å². The molecule has 1 aliphatic heterocycles.